The Labute approximate surface area is 131 Å². The van der Waals surface area contributed by atoms with Crippen LogP contribution in [-0.2, 0) is 4.74 Å². The number of rotatable bonds is 5. The Kier molecular flexibility index (Phi) is 6.24. The highest BCUT2D eigenvalue weighted by atomic mass is 35.5. The van der Waals surface area contributed by atoms with E-state index >= 15 is 0 Å². The summed E-state index contributed by atoms with van der Waals surface area (Å²) in [5.74, 6) is 0. The molecule has 0 aliphatic rings. The second-order valence-corrected chi connectivity index (χ2v) is 6.00. The molecule has 1 rings (SSSR count). The van der Waals surface area contributed by atoms with Crippen LogP contribution < -0.4 is 5.01 Å². The summed E-state index contributed by atoms with van der Waals surface area (Å²) in [4.78, 5) is 12.5. The first-order valence-corrected chi connectivity index (χ1v) is 7.30. The van der Waals surface area contributed by atoms with Crippen molar-refractivity contribution in [2.45, 2.75) is 33.3 Å². The Morgan fingerprint density at radius 2 is 1.90 bits per heavy atom. The molecule has 0 fully saturated rings. The first kappa shape index (κ1) is 17.5. The van der Waals surface area contributed by atoms with E-state index in [1.54, 1.807) is 30.3 Å². The smallest absolute Gasteiger partial charge is 0.429 e. The van der Waals surface area contributed by atoms with Gasteiger partial charge in [0.2, 0.25) is 0 Å². The fourth-order valence-corrected chi connectivity index (χ4v) is 1.90. The zero-order valence-electron chi connectivity index (χ0n) is 13.1. The van der Waals surface area contributed by atoms with Crippen molar-refractivity contribution < 1.29 is 9.53 Å². The first-order chi connectivity index (χ1) is 9.78. The number of amides is 1. The van der Waals surface area contributed by atoms with Crippen LogP contribution in [0, 0.1) is 0 Å². The summed E-state index contributed by atoms with van der Waals surface area (Å²) in [6.45, 7) is 12.4. The van der Waals surface area contributed by atoms with E-state index in [0.29, 0.717) is 23.8 Å². The van der Waals surface area contributed by atoms with Crippen LogP contribution in [0.5, 0.6) is 0 Å². The van der Waals surface area contributed by atoms with Gasteiger partial charge in [0, 0.05) is 18.1 Å². The molecule has 0 aliphatic heterocycles. The molecule has 0 saturated heterocycles. The predicted molar refractivity (Wildman–Crippen MR) is 87.6 cm³/mol. The molecular formula is C16H23ClN2O2. The topological polar surface area (TPSA) is 32.8 Å². The summed E-state index contributed by atoms with van der Waals surface area (Å²) < 4.78 is 5.49. The zero-order valence-corrected chi connectivity index (χ0v) is 13.9. The number of hydrogen-bond donors (Lipinski definition) is 0. The minimum Gasteiger partial charge on any atom is -0.442 e. The number of carbonyl (C=O) groups is 1. The number of carbonyl (C=O) groups excluding carboxylic acids is 1. The van der Waals surface area contributed by atoms with Crippen LogP contribution in [0.4, 0.5) is 10.5 Å². The van der Waals surface area contributed by atoms with Crippen molar-refractivity contribution in [1.82, 2.24) is 5.01 Å². The summed E-state index contributed by atoms with van der Waals surface area (Å²) in [6, 6.07) is 7.07. The summed E-state index contributed by atoms with van der Waals surface area (Å²) in [5, 5.41) is 3.99. The summed E-state index contributed by atoms with van der Waals surface area (Å²) in [6.07, 6.45) is 1.32. The van der Waals surface area contributed by atoms with Gasteiger partial charge in [-0.3, -0.25) is 0 Å². The quantitative estimate of drug-likeness (QED) is 0.593. The lowest BCUT2D eigenvalue weighted by molar-refractivity contribution is 0.0475. The van der Waals surface area contributed by atoms with Crippen molar-refractivity contribution in [2.24, 2.45) is 0 Å². The van der Waals surface area contributed by atoms with Crippen molar-refractivity contribution in [3.8, 4) is 0 Å². The van der Waals surface area contributed by atoms with E-state index in [2.05, 4.69) is 6.58 Å². The van der Waals surface area contributed by atoms with Crippen molar-refractivity contribution >= 4 is 23.4 Å². The van der Waals surface area contributed by atoms with E-state index in [9.17, 15) is 4.79 Å². The molecule has 0 aromatic heterocycles. The standard InChI is InChI=1S/C16H23ClN2O2/c1-6-12-18(7-2)19(15(20)21-16(3,4)5)14-10-8-13(17)9-11-14/h6,8-11H,1,7,12H2,2-5H3. The van der Waals surface area contributed by atoms with Gasteiger partial charge in [-0.1, -0.05) is 24.6 Å². The van der Waals surface area contributed by atoms with Gasteiger partial charge < -0.3 is 4.74 Å². The highest BCUT2D eigenvalue weighted by molar-refractivity contribution is 6.30. The van der Waals surface area contributed by atoms with E-state index in [0.717, 1.165) is 0 Å². The number of likely N-dealkylation sites (N-methyl/N-ethyl adjacent to an activating group) is 1. The lowest BCUT2D eigenvalue weighted by Gasteiger charge is -2.34. The Balaban J connectivity index is 3.12. The number of halogens is 1. The highest BCUT2D eigenvalue weighted by Crippen LogP contribution is 2.22. The summed E-state index contributed by atoms with van der Waals surface area (Å²) >= 11 is 5.91. The highest BCUT2D eigenvalue weighted by Gasteiger charge is 2.27. The van der Waals surface area contributed by atoms with Gasteiger partial charge in [-0.2, -0.15) is 0 Å². The van der Waals surface area contributed by atoms with Gasteiger partial charge >= 0.3 is 6.09 Å². The molecule has 0 heterocycles. The van der Waals surface area contributed by atoms with Gasteiger partial charge in [0.15, 0.2) is 0 Å². The van der Waals surface area contributed by atoms with Gasteiger partial charge in [0.05, 0.1) is 5.69 Å². The molecule has 0 unspecified atom stereocenters. The van der Waals surface area contributed by atoms with Gasteiger partial charge in [-0.25, -0.2) is 14.8 Å². The number of hydrazine groups is 1. The van der Waals surface area contributed by atoms with Crippen molar-refractivity contribution in [1.29, 1.82) is 0 Å². The molecular weight excluding hydrogens is 288 g/mol. The van der Waals surface area contributed by atoms with Gasteiger partial charge in [-0.15, -0.1) is 6.58 Å². The maximum atomic E-state index is 12.5. The van der Waals surface area contributed by atoms with E-state index in [-0.39, 0.29) is 0 Å². The average Bonchev–Trinajstić information content (AvgIpc) is 2.38. The minimum absolute atomic E-state index is 0.423. The average molecular weight is 311 g/mol. The van der Waals surface area contributed by atoms with Crippen LogP contribution in [-0.4, -0.2) is 29.8 Å². The monoisotopic (exact) mass is 310 g/mol. The maximum absolute atomic E-state index is 12.5. The summed E-state index contributed by atoms with van der Waals surface area (Å²) in [5.41, 5.74) is 0.146. The Hall–Kier alpha value is -1.52. The Morgan fingerprint density at radius 1 is 1.33 bits per heavy atom. The first-order valence-electron chi connectivity index (χ1n) is 6.93. The van der Waals surface area contributed by atoms with Crippen LogP contribution in [0.25, 0.3) is 0 Å². The molecule has 1 amide bonds. The molecule has 116 valence electrons. The van der Waals surface area contributed by atoms with Crippen molar-refractivity contribution in [3.05, 3.63) is 41.9 Å². The summed E-state index contributed by atoms with van der Waals surface area (Å²) in [7, 11) is 0. The number of benzene rings is 1. The van der Waals surface area contributed by atoms with Crippen LogP contribution >= 0.6 is 11.6 Å². The number of nitrogens with zero attached hydrogens (tertiary/aromatic N) is 2. The number of ether oxygens (including phenoxy) is 1. The van der Waals surface area contributed by atoms with Crippen LogP contribution in [0.15, 0.2) is 36.9 Å². The molecule has 0 N–H and O–H groups in total. The second-order valence-electron chi connectivity index (χ2n) is 5.56. The maximum Gasteiger partial charge on any atom is 0.429 e. The predicted octanol–water partition coefficient (Wildman–Crippen LogP) is 4.50. The Morgan fingerprint density at radius 3 is 2.33 bits per heavy atom. The van der Waals surface area contributed by atoms with Gasteiger partial charge in [-0.05, 0) is 45.0 Å². The van der Waals surface area contributed by atoms with Gasteiger partial charge in [0.25, 0.3) is 0 Å². The van der Waals surface area contributed by atoms with Gasteiger partial charge in [0.1, 0.15) is 5.60 Å². The fourth-order valence-electron chi connectivity index (χ4n) is 1.77. The van der Waals surface area contributed by atoms with Crippen LogP contribution in [0.3, 0.4) is 0 Å². The fraction of sp³-hybridized carbons (Fsp3) is 0.438. The van der Waals surface area contributed by atoms with E-state index < -0.39 is 11.7 Å². The van der Waals surface area contributed by atoms with Crippen LogP contribution in [0.2, 0.25) is 5.02 Å². The van der Waals surface area contributed by atoms with E-state index in [1.807, 2.05) is 32.7 Å². The van der Waals surface area contributed by atoms with Crippen molar-refractivity contribution in [2.75, 3.05) is 18.1 Å². The molecule has 0 spiro atoms. The molecule has 0 atom stereocenters. The molecule has 0 aliphatic carbocycles. The molecule has 4 nitrogen and oxygen atoms in total. The zero-order chi connectivity index (χ0) is 16.0. The molecule has 1 aromatic rings. The van der Waals surface area contributed by atoms with Crippen LogP contribution in [0.1, 0.15) is 27.7 Å². The normalized spacial score (nSPS) is 11.3. The molecule has 0 radical (unpaired) electrons. The number of hydrogen-bond acceptors (Lipinski definition) is 3. The molecule has 1 aromatic carbocycles. The van der Waals surface area contributed by atoms with Crippen molar-refractivity contribution in [3.63, 3.8) is 0 Å². The Bertz CT molecular complexity index is 480. The molecule has 0 bridgehead atoms. The number of anilines is 1. The minimum atomic E-state index is -0.560. The molecule has 0 saturated carbocycles. The lowest BCUT2D eigenvalue weighted by Crippen LogP contribution is -2.49. The third-order valence-electron chi connectivity index (χ3n) is 2.63. The largest absolute Gasteiger partial charge is 0.442 e. The lowest BCUT2D eigenvalue weighted by atomic mass is 10.2. The third-order valence-corrected chi connectivity index (χ3v) is 2.88. The van der Waals surface area contributed by atoms with E-state index in [1.165, 1.54) is 5.01 Å². The molecule has 5 heteroatoms. The second kappa shape index (κ2) is 7.48. The van der Waals surface area contributed by atoms with E-state index in [4.69, 9.17) is 16.3 Å². The molecule has 21 heavy (non-hydrogen) atoms. The third kappa shape index (κ3) is 5.40. The SMILES string of the molecule is C=CCN(CC)N(C(=O)OC(C)(C)C)c1ccc(Cl)cc1.